The standard InChI is InChI=1S/C30H32F3N3O2/c1-19-4-7-22(35-30(37)28-3-2-12-34-28)15-24(19)21-10-13-36(14-11-21)18-20-5-8-23(9-6-20)38-29-17-26(32)25(31)16-27(29)33/h4-9,15-17,21,28,34H,2-3,10-14,18H2,1H3,(H,35,37)/t28-/m1/s1. The number of carbonyl (C=O) groups excluding carboxylic acids is 1. The second-order valence-electron chi connectivity index (χ2n) is 10.2. The summed E-state index contributed by atoms with van der Waals surface area (Å²) >= 11 is 0. The van der Waals surface area contributed by atoms with E-state index in [2.05, 4.69) is 34.6 Å². The number of likely N-dealkylation sites (tertiary alicyclic amines) is 1. The maximum atomic E-state index is 13.9. The third kappa shape index (κ3) is 6.19. The van der Waals surface area contributed by atoms with Gasteiger partial charge < -0.3 is 15.4 Å². The van der Waals surface area contributed by atoms with Gasteiger partial charge in [-0.05, 0) is 99.1 Å². The van der Waals surface area contributed by atoms with Crippen LogP contribution in [-0.2, 0) is 11.3 Å². The maximum Gasteiger partial charge on any atom is 0.241 e. The van der Waals surface area contributed by atoms with Crippen molar-refractivity contribution in [2.75, 3.05) is 25.0 Å². The Bertz CT molecular complexity index is 1280. The average Bonchev–Trinajstić information content (AvgIpc) is 3.46. The quantitative estimate of drug-likeness (QED) is 0.358. The number of hydrogen-bond acceptors (Lipinski definition) is 4. The number of aryl methyl sites for hydroxylation is 1. The van der Waals surface area contributed by atoms with Crippen molar-refractivity contribution in [3.63, 3.8) is 0 Å². The molecule has 200 valence electrons. The lowest BCUT2D eigenvalue weighted by Gasteiger charge is -2.33. The van der Waals surface area contributed by atoms with E-state index in [1.807, 2.05) is 18.2 Å². The summed E-state index contributed by atoms with van der Waals surface area (Å²) in [4.78, 5) is 14.9. The minimum absolute atomic E-state index is 0.0403. The molecule has 0 bridgehead atoms. The molecule has 5 nitrogen and oxygen atoms in total. The molecule has 5 rings (SSSR count). The van der Waals surface area contributed by atoms with Crippen LogP contribution in [0.4, 0.5) is 18.9 Å². The zero-order chi connectivity index (χ0) is 26.6. The number of benzene rings is 3. The van der Waals surface area contributed by atoms with E-state index >= 15 is 0 Å². The van der Waals surface area contributed by atoms with Gasteiger partial charge in [0.05, 0.1) is 6.04 Å². The van der Waals surface area contributed by atoms with Gasteiger partial charge in [-0.15, -0.1) is 0 Å². The van der Waals surface area contributed by atoms with Crippen LogP contribution in [0, 0.1) is 24.4 Å². The summed E-state index contributed by atoms with van der Waals surface area (Å²) in [6.07, 6.45) is 3.97. The van der Waals surface area contributed by atoms with Crippen LogP contribution in [0.3, 0.4) is 0 Å². The number of rotatable bonds is 7. The van der Waals surface area contributed by atoms with Crippen molar-refractivity contribution in [1.82, 2.24) is 10.2 Å². The van der Waals surface area contributed by atoms with Crippen molar-refractivity contribution in [3.05, 3.63) is 88.7 Å². The van der Waals surface area contributed by atoms with Gasteiger partial charge in [-0.3, -0.25) is 9.69 Å². The molecule has 2 fully saturated rings. The summed E-state index contributed by atoms with van der Waals surface area (Å²) in [5.74, 6) is -2.89. The Balaban J connectivity index is 1.15. The average molecular weight is 524 g/mol. The van der Waals surface area contributed by atoms with Crippen LogP contribution in [0.5, 0.6) is 11.5 Å². The van der Waals surface area contributed by atoms with Crippen LogP contribution >= 0.6 is 0 Å². The van der Waals surface area contributed by atoms with Gasteiger partial charge in [0.25, 0.3) is 0 Å². The zero-order valence-corrected chi connectivity index (χ0v) is 21.4. The SMILES string of the molecule is Cc1ccc(NC(=O)[C@H]2CCCN2)cc1C1CCN(Cc2ccc(Oc3cc(F)c(F)cc3F)cc2)CC1. The summed E-state index contributed by atoms with van der Waals surface area (Å²) in [7, 11) is 0. The Labute approximate surface area is 221 Å². The Morgan fingerprint density at radius 3 is 2.42 bits per heavy atom. The summed E-state index contributed by atoms with van der Waals surface area (Å²) in [6.45, 7) is 5.69. The molecule has 2 N–H and O–H groups in total. The Hall–Kier alpha value is -3.36. The minimum atomic E-state index is -1.25. The lowest BCUT2D eigenvalue weighted by molar-refractivity contribution is -0.117. The van der Waals surface area contributed by atoms with Crippen LogP contribution in [0.15, 0.2) is 54.6 Å². The van der Waals surface area contributed by atoms with Crippen LogP contribution in [0.1, 0.15) is 48.3 Å². The fraction of sp³-hybridized carbons (Fsp3) is 0.367. The highest BCUT2D eigenvalue weighted by Crippen LogP contribution is 2.33. The van der Waals surface area contributed by atoms with E-state index in [-0.39, 0.29) is 17.7 Å². The van der Waals surface area contributed by atoms with Crippen molar-refractivity contribution >= 4 is 11.6 Å². The topological polar surface area (TPSA) is 53.6 Å². The number of amides is 1. The number of carbonyl (C=O) groups is 1. The summed E-state index contributed by atoms with van der Waals surface area (Å²) in [6, 6.07) is 14.5. The predicted octanol–water partition coefficient (Wildman–Crippen LogP) is 6.27. The third-order valence-electron chi connectivity index (χ3n) is 7.48. The third-order valence-corrected chi connectivity index (χ3v) is 7.48. The summed E-state index contributed by atoms with van der Waals surface area (Å²) < 4.78 is 45.8. The van der Waals surface area contributed by atoms with Gasteiger partial charge in [0.15, 0.2) is 23.2 Å². The Morgan fingerprint density at radius 2 is 1.71 bits per heavy atom. The predicted molar refractivity (Wildman–Crippen MR) is 141 cm³/mol. The normalized spacial score (nSPS) is 18.5. The fourth-order valence-electron chi connectivity index (χ4n) is 5.33. The molecule has 0 saturated carbocycles. The van der Waals surface area contributed by atoms with Crippen molar-refractivity contribution in [2.45, 2.75) is 51.1 Å². The van der Waals surface area contributed by atoms with Crippen molar-refractivity contribution in [1.29, 1.82) is 0 Å². The van der Waals surface area contributed by atoms with Crippen LogP contribution in [0.2, 0.25) is 0 Å². The van der Waals surface area contributed by atoms with E-state index in [1.165, 1.54) is 11.1 Å². The van der Waals surface area contributed by atoms with E-state index in [9.17, 15) is 18.0 Å². The minimum Gasteiger partial charge on any atom is -0.454 e. The molecule has 2 aliphatic heterocycles. The molecule has 0 aliphatic carbocycles. The second-order valence-corrected chi connectivity index (χ2v) is 10.2. The fourth-order valence-corrected chi connectivity index (χ4v) is 5.33. The van der Waals surface area contributed by atoms with E-state index < -0.39 is 17.5 Å². The van der Waals surface area contributed by atoms with E-state index in [0.29, 0.717) is 23.8 Å². The molecule has 2 heterocycles. The maximum absolute atomic E-state index is 13.9. The molecular formula is C30H32F3N3O2. The molecule has 0 spiro atoms. The first-order valence-electron chi connectivity index (χ1n) is 13.1. The smallest absolute Gasteiger partial charge is 0.241 e. The molecule has 1 atom stereocenters. The molecule has 2 saturated heterocycles. The molecule has 3 aromatic carbocycles. The lowest BCUT2D eigenvalue weighted by Crippen LogP contribution is -2.35. The van der Waals surface area contributed by atoms with Crippen molar-refractivity contribution in [3.8, 4) is 11.5 Å². The molecule has 8 heteroatoms. The summed E-state index contributed by atoms with van der Waals surface area (Å²) in [5, 5.41) is 6.33. The number of ether oxygens (including phenoxy) is 1. The molecule has 2 aliphatic rings. The number of hydrogen-bond donors (Lipinski definition) is 2. The van der Waals surface area contributed by atoms with Gasteiger partial charge in [0.2, 0.25) is 5.91 Å². The molecule has 1 amide bonds. The highest BCUT2D eigenvalue weighted by molar-refractivity contribution is 5.95. The highest BCUT2D eigenvalue weighted by atomic mass is 19.2. The zero-order valence-electron chi connectivity index (χ0n) is 21.4. The first-order valence-corrected chi connectivity index (χ1v) is 13.1. The van der Waals surface area contributed by atoms with Crippen LogP contribution < -0.4 is 15.4 Å². The molecule has 38 heavy (non-hydrogen) atoms. The van der Waals surface area contributed by atoms with Gasteiger partial charge in [-0.2, -0.15) is 0 Å². The molecule has 0 radical (unpaired) electrons. The van der Waals surface area contributed by atoms with Gasteiger partial charge in [0.1, 0.15) is 5.75 Å². The van der Waals surface area contributed by atoms with E-state index in [4.69, 9.17) is 4.74 Å². The second kappa shape index (κ2) is 11.6. The van der Waals surface area contributed by atoms with Gasteiger partial charge in [-0.1, -0.05) is 18.2 Å². The number of halogens is 3. The first-order chi connectivity index (χ1) is 18.4. The van der Waals surface area contributed by atoms with Gasteiger partial charge in [0, 0.05) is 24.4 Å². The number of nitrogens with zero attached hydrogens (tertiary/aromatic N) is 1. The van der Waals surface area contributed by atoms with Crippen molar-refractivity contribution in [2.24, 2.45) is 0 Å². The van der Waals surface area contributed by atoms with Gasteiger partial charge >= 0.3 is 0 Å². The van der Waals surface area contributed by atoms with Crippen LogP contribution in [-0.4, -0.2) is 36.5 Å². The number of nitrogens with one attached hydrogen (secondary N) is 2. The number of anilines is 1. The van der Waals surface area contributed by atoms with Crippen LogP contribution in [0.25, 0.3) is 0 Å². The molecule has 3 aromatic rings. The molecule has 0 unspecified atom stereocenters. The molecular weight excluding hydrogens is 491 g/mol. The van der Waals surface area contributed by atoms with E-state index in [1.54, 1.807) is 12.1 Å². The first kappa shape index (κ1) is 26.3. The monoisotopic (exact) mass is 523 g/mol. The van der Waals surface area contributed by atoms with Gasteiger partial charge in [-0.25, -0.2) is 13.2 Å². The largest absolute Gasteiger partial charge is 0.454 e. The van der Waals surface area contributed by atoms with E-state index in [0.717, 1.165) is 63.1 Å². The number of piperidine rings is 1. The van der Waals surface area contributed by atoms with Crippen molar-refractivity contribution < 1.29 is 22.7 Å². The summed E-state index contributed by atoms with van der Waals surface area (Å²) in [5.41, 5.74) is 4.49. The Kier molecular flexibility index (Phi) is 8.00. The lowest BCUT2D eigenvalue weighted by atomic mass is 9.86. The highest BCUT2D eigenvalue weighted by Gasteiger charge is 2.24. The Morgan fingerprint density at radius 1 is 0.974 bits per heavy atom. The molecule has 0 aromatic heterocycles.